The van der Waals surface area contributed by atoms with Crippen LogP contribution in [0.2, 0.25) is 0 Å². The lowest BCUT2D eigenvalue weighted by molar-refractivity contribution is 0.118. The van der Waals surface area contributed by atoms with E-state index >= 15 is 0 Å². The summed E-state index contributed by atoms with van der Waals surface area (Å²) in [4.78, 5) is 3.23. The molecule has 4 heteroatoms. The second-order valence-corrected chi connectivity index (χ2v) is 5.36. The topological polar surface area (TPSA) is 36.3 Å². The predicted octanol–water partition coefficient (Wildman–Crippen LogP) is 2.89. The molecule has 1 fully saturated rings. The van der Waals surface area contributed by atoms with Crippen molar-refractivity contribution in [3.05, 3.63) is 23.8 Å². The molecule has 0 saturated carbocycles. The lowest BCUT2D eigenvalue weighted by atomic mass is 10.1. The zero-order chi connectivity index (χ0) is 13.1. The molecule has 0 spiro atoms. The van der Waals surface area contributed by atoms with Crippen molar-refractivity contribution in [2.45, 2.75) is 30.4 Å². The number of ether oxygens (including phenoxy) is 1. The fraction of sp³-hybridized carbons (Fsp3) is 0.500. The van der Waals surface area contributed by atoms with Crippen molar-refractivity contribution in [3.8, 4) is 6.07 Å². The maximum absolute atomic E-state index is 9.37. The SMILES string of the molecule is CSc1cccc(N(C)C2CCOC2C)c1C#N. The fourth-order valence-electron chi connectivity index (χ4n) is 2.50. The monoisotopic (exact) mass is 262 g/mol. The molecule has 0 aromatic heterocycles. The Labute approximate surface area is 113 Å². The van der Waals surface area contributed by atoms with E-state index in [0.717, 1.165) is 29.2 Å². The minimum atomic E-state index is 0.222. The molecule has 3 nitrogen and oxygen atoms in total. The highest BCUT2D eigenvalue weighted by Gasteiger charge is 2.29. The molecule has 2 rings (SSSR count). The first-order valence-corrected chi connectivity index (χ1v) is 7.33. The van der Waals surface area contributed by atoms with Gasteiger partial charge < -0.3 is 9.64 Å². The van der Waals surface area contributed by atoms with Crippen LogP contribution in [0.1, 0.15) is 18.9 Å². The summed E-state index contributed by atoms with van der Waals surface area (Å²) >= 11 is 1.61. The van der Waals surface area contributed by atoms with Gasteiger partial charge in [0.25, 0.3) is 0 Å². The summed E-state index contributed by atoms with van der Waals surface area (Å²) < 4.78 is 5.61. The highest BCUT2D eigenvalue weighted by Crippen LogP contribution is 2.31. The smallest absolute Gasteiger partial charge is 0.103 e. The standard InChI is InChI=1S/C14H18N2OS/c1-10-12(7-8-17-10)16(2)13-5-4-6-14(18-3)11(13)9-15/h4-6,10,12H,7-8H2,1-3H3. The number of likely N-dealkylation sites (N-methyl/N-ethyl adjacent to an activating group) is 1. The van der Waals surface area contributed by atoms with Crippen LogP contribution in [0.3, 0.4) is 0 Å². The van der Waals surface area contributed by atoms with Crippen LogP contribution < -0.4 is 4.90 Å². The van der Waals surface area contributed by atoms with Crippen molar-refractivity contribution >= 4 is 17.4 Å². The Morgan fingerprint density at radius 2 is 2.28 bits per heavy atom. The Morgan fingerprint density at radius 3 is 2.83 bits per heavy atom. The van der Waals surface area contributed by atoms with Gasteiger partial charge in [-0.25, -0.2) is 0 Å². The van der Waals surface area contributed by atoms with Crippen LogP contribution in [0.15, 0.2) is 23.1 Å². The molecule has 0 bridgehead atoms. The van der Waals surface area contributed by atoms with Crippen LogP contribution in [0.5, 0.6) is 0 Å². The zero-order valence-corrected chi connectivity index (χ0v) is 11.8. The van der Waals surface area contributed by atoms with Crippen LogP contribution in [0, 0.1) is 11.3 Å². The second-order valence-electron chi connectivity index (χ2n) is 4.51. The highest BCUT2D eigenvalue weighted by atomic mass is 32.2. The van der Waals surface area contributed by atoms with Crippen LogP contribution >= 0.6 is 11.8 Å². The molecule has 0 aliphatic carbocycles. The van der Waals surface area contributed by atoms with Gasteiger partial charge in [-0.15, -0.1) is 11.8 Å². The van der Waals surface area contributed by atoms with E-state index in [9.17, 15) is 5.26 Å². The highest BCUT2D eigenvalue weighted by molar-refractivity contribution is 7.98. The molecular formula is C14H18N2OS. The molecule has 1 aromatic carbocycles. The Hall–Kier alpha value is -1.18. The Bertz CT molecular complexity index is 469. The van der Waals surface area contributed by atoms with Crippen molar-refractivity contribution in [3.63, 3.8) is 0 Å². The first-order chi connectivity index (χ1) is 8.69. The first kappa shape index (κ1) is 13.3. The number of benzene rings is 1. The summed E-state index contributed by atoms with van der Waals surface area (Å²) in [5.74, 6) is 0. The third kappa shape index (κ3) is 2.33. The molecule has 96 valence electrons. The molecule has 0 radical (unpaired) electrons. The van der Waals surface area contributed by atoms with Crippen molar-refractivity contribution in [1.82, 2.24) is 0 Å². The minimum Gasteiger partial charge on any atom is -0.376 e. The summed E-state index contributed by atoms with van der Waals surface area (Å²) in [5.41, 5.74) is 1.78. The summed E-state index contributed by atoms with van der Waals surface area (Å²) in [7, 11) is 2.05. The number of hydrogen-bond acceptors (Lipinski definition) is 4. The third-order valence-corrected chi connectivity index (χ3v) is 4.33. The van der Waals surface area contributed by atoms with E-state index in [1.54, 1.807) is 11.8 Å². The van der Waals surface area contributed by atoms with E-state index in [1.165, 1.54) is 0 Å². The van der Waals surface area contributed by atoms with Crippen LogP contribution in [0.4, 0.5) is 5.69 Å². The second kappa shape index (κ2) is 5.64. The van der Waals surface area contributed by atoms with Gasteiger partial charge >= 0.3 is 0 Å². The summed E-state index contributed by atoms with van der Waals surface area (Å²) in [6, 6.07) is 8.71. The van der Waals surface area contributed by atoms with Gasteiger partial charge in [0, 0.05) is 18.6 Å². The minimum absolute atomic E-state index is 0.222. The van der Waals surface area contributed by atoms with Crippen molar-refractivity contribution in [2.24, 2.45) is 0 Å². The van der Waals surface area contributed by atoms with E-state index < -0.39 is 0 Å². The maximum Gasteiger partial charge on any atom is 0.103 e. The average Bonchev–Trinajstić information content (AvgIpc) is 2.83. The molecule has 2 unspecified atom stereocenters. The van der Waals surface area contributed by atoms with E-state index in [0.29, 0.717) is 6.04 Å². The fourth-order valence-corrected chi connectivity index (χ4v) is 3.07. The number of nitriles is 1. The van der Waals surface area contributed by atoms with Gasteiger partial charge in [0.2, 0.25) is 0 Å². The van der Waals surface area contributed by atoms with Crippen molar-refractivity contribution in [2.75, 3.05) is 24.8 Å². The lowest BCUT2D eigenvalue weighted by Crippen LogP contribution is -2.37. The summed E-state index contributed by atoms with van der Waals surface area (Å²) in [6.07, 6.45) is 3.24. The Kier molecular flexibility index (Phi) is 4.15. The van der Waals surface area contributed by atoms with Gasteiger partial charge in [-0.3, -0.25) is 0 Å². The van der Waals surface area contributed by atoms with Gasteiger partial charge in [0.15, 0.2) is 0 Å². The molecule has 18 heavy (non-hydrogen) atoms. The van der Waals surface area contributed by atoms with Gasteiger partial charge in [-0.2, -0.15) is 5.26 Å². The normalized spacial score (nSPS) is 22.8. The molecule has 1 aliphatic heterocycles. The van der Waals surface area contributed by atoms with E-state index in [2.05, 4.69) is 24.9 Å². The van der Waals surface area contributed by atoms with Gasteiger partial charge in [0.1, 0.15) is 6.07 Å². The van der Waals surface area contributed by atoms with Crippen LogP contribution in [0.25, 0.3) is 0 Å². The van der Waals surface area contributed by atoms with Gasteiger partial charge in [-0.05, 0) is 31.7 Å². The van der Waals surface area contributed by atoms with Gasteiger partial charge in [0.05, 0.1) is 23.4 Å². The Morgan fingerprint density at radius 1 is 1.50 bits per heavy atom. The third-order valence-electron chi connectivity index (χ3n) is 3.55. The van der Waals surface area contributed by atoms with Crippen molar-refractivity contribution < 1.29 is 4.74 Å². The average molecular weight is 262 g/mol. The zero-order valence-electron chi connectivity index (χ0n) is 11.0. The van der Waals surface area contributed by atoms with Crippen LogP contribution in [-0.2, 0) is 4.74 Å². The summed E-state index contributed by atoms with van der Waals surface area (Å²) in [5, 5.41) is 9.37. The Balaban J connectivity index is 2.36. The van der Waals surface area contributed by atoms with E-state index in [1.807, 2.05) is 24.5 Å². The van der Waals surface area contributed by atoms with Gasteiger partial charge in [-0.1, -0.05) is 6.07 Å². The lowest BCUT2D eigenvalue weighted by Gasteiger charge is -2.29. The molecule has 1 saturated heterocycles. The molecule has 1 aromatic rings. The van der Waals surface area contributed by atoms with E-state index in [4.69, 9.17) is 4.74 Å². The number of anilines is 1. The van der Waals surface area contributed by atoms with Crippen LogP contribution in [-0.4, -0.2) is 32.1 Å². The summed E-state index contributed by atoms with van der Waals surface area (Å²) in [6.45, 7) is 2.90. The maximum atomic E-state index is 9.37. The van der Waals surface area contributed by atoms with Crippen molar-refractivity contribution in [1.29, 1.82) is 5.26 Å². The molecular weight excluding hydrogens is 244 g/mol. The molecule has 1 aliphatic rings. The number of rotatable bonds is 3. The largest absolute Gasteiger partial charge is 0.376 e. The predicted molar refractivity (Wildman–Crippen MR) is 75.2 cm³/mol. The quantitative estimate of drug-likeness (QED) is 0.785. The molecule has 0 N–H and O–H groups in total. The molecule has 0 amide bonds. The molecule has 1 heterocycles. The number of thioether (sulfide) groups is 1. The number of hydrogen-bond donors (Lipinski definition) is 0. The molecule has 2 atom stereocenters. The first-order valence-electron chi connectivity index (χ1n) is 6.10. The van der Waals surface area contributed by atoms with E-state index in [-0.39, 0.29) is 6.10 Å². The number of nitrogens with zero attached hydrogens (tertiary/aromatic N) is 2.